The molecule has 3 N–H and O–H groups in total. The fraction of sp³-hybridized carbons (Fsp3) is 0.467. The zero-order valence-electron chi connectivity index (χ0n) is 12.7. The summed E-state index contributed by atoms with van der Waals surface area (Å²) in [5, 5.41) is 5.06. The summed E-state index contributed by atoms with van der Waals surface area (Å²) in [5.74, 6) is -0.273. The first-order valence-corrected chi connectivity index (χ1v) is 7.86. The van der Waals surface area contributed by atoms with E-state index in [1.807, 2.05) is 45.2 Å². The Morgan fingerprint density at radius 1 is 1.29 bits per heavy atom. The summed E-state index contributed by atoms with van der Waals surface area (Å²) in [6.07, 6.45) is 0.830. The second-order valence-electron chi connectivity index (χ2n) is 5.27. The Morgan fingerprint density at radius 3 is 2.48 bits per heavy atom. The van der Waals surface area contributed by atoms with E-state index in [1.165, 1.54) is 0 Å². The second-order valence-corrected chi connectivity index (χ2v) is 6.18. The maximum absolute atomic E-state index is 11.8. The van der Waals surface area contributed by atoms with E-state index in [2.05, 4.69) is 26.6 Å². The highest BCUT2D eigenvalue weighted by molar-refractivity contribution is 9.10. The van der Waals surface area contributed by atoms with Gasteiger partial charge in [0.1, 0.15) is 6.54 Å². The van der Waals surface area contributed by atoms with Crippen molar-refractivity contribution in [3.8, 4) is 0 Å². The van der Waals surface area contributed by atoms with Gasteiger partial charge in [-0.05, 0) is 25.5 Å². The number of rotatable bonds is 6. The number of carbonyl (C=O) groups excluding carboxylic acids is 2. The summed E-state index contributed by atoms with van der Waals surface area (Å²) < 4.78 is 1.03. The summed E-state index contributed by atoms with van der Waals surface area (Å²) in [6.45, 7) is 4.86. The summed E-state index contributed by atoms with van der Waals surface area (Å²) in [5.41, 5.74) is 1.15. The van der Waals surface area contributed by atoms with Gasteiger partial charge < -0.3 is 10.2 Å². The van der Waals surface area contributed by atoms with Crippen LogP contribution in [0.3, 0.4) is 0 Å². The highest BCUT2D eigenvalue weighted by Gasteiger charge is 2.14. The molecule has 5 nitrogen and oxygen atoms in total. The smallest absolute Gasteiger partial charge is 0.321 e. The quantitative estimate of drug-likeness (QED) is 0.714. The minimum Gasteiger partial charge on any atom is -0.335 e. The van der Waals surface area contributed by atoms with Gasteiger partial charge in [-0.15, -0.1) is 0 Å². The third-order valence-electron chi connectivity index (χ3n) is 3.12. The van der Waals surface area contributed by atoms with Crippen molar-refractivity contribution in [1.29, 1.82) is 0 Å². The molecule has 0 aromatic heterocycles. The van der Waals surface area contributed by atoms with Crippen LogP contribution >= 0.6 is 15.9 Å². The lowest BCUT2D eigenvalue weighted by molar-refractivity contribution is -0.885. The van der Waals surface area contributed by atoms with Crippen LogP contribution in [0.4, 0.5) is 4.79 Å². The molecule has 1 aromatic rings. The predicted octanol–water partition coefficient (Wildman–Crippen LogP) is 1.09. The topological polar surface area (TPSA) is 62.6 Å². The van der Waals surface area contributed by atoms with Crippen LogP contribution < -0.4 is 15.5 Å². The van der Waals surface area contributed by atoms with Gasteiger partial charge in [0.15, 0.2) is 6.54 Å². The number of hydrogen-bond acceptors (Lipinski definition) is 2. The lowest BCUT2D eigenvalue weighted by atomic mass is 10.2. The third kappa shape index (κ3) is 7.24. The SMILES string of the molecule is CC[C@H](C)NC(=O)NC(=O)C[NH+](C)Cc1ccc(Br)cc1. The predicted molar refractivity (Wildman–Crippen MR) is 86.0 cm³/mol. The third-order valence-corrected chi connectivity index (χ3v) is 3.65. The summed E-state index contributed by atoms with van der Waals surface area (Å²) in [4.78, 5) is 24.3. The minimum atomic E-state index is -0.425. The molecule has 116 valence electrons. The van der Waals surface area contributed by atoms with Crippen LogP contribution in [0.2, 0.25) is 0 Å². The molecule has 0 radical (unpaired) electrons. The maximum Gasteiger partial charge on any atom is 0.321 e. The van der Waals surface area contributed by atoms with E-state index in [4.69, 9.17) is 0 Å². The molecule has 0 aliphatic heterocycles. The van der Waals surface area contributed by atoms with E-state index in [-0.39, 0.29) is 18.5 Å². The van der Waals surface area contributed by atoms with Crippen molar-refractivity contribution in [3.05, 3.63) is 34.3 Å². The number of imide groups is 1. The van der Waals surface area contributed by atoms with Crippen molar-refractivity contribution in [2.24, 2.45) is 0 Å². The number of likely N-dealkylation sites (N-methyl/N-ethyl adjacent to an activating group) is 1. The van der Waals surface area contributed by atoms with Crippen LogP contribution in [-0.4, -0.2) is 31.6 Å². The van der Waals surface area contributed by atoms with E-state index >= 15 is 0 Å². The molecule has 0 aliphatic carbocycles. The highest BCUT2D eigenvalue weighted by Crippen LogP contribution is 2.09. The summed E-state index contributed by atoms with van der Waals surface area (Å²) >= 11 is 3.39. The molecule has 2 atom stereocenters. The van der Waals surface area contributed by atoms with Crippen molar-refractivity contribution in [2.45, 2.75) is 32.9 Å². The molecule has 0 bridgehead atoms. The fourth-order valence-corrected chi connectivity index (χ4v) is 2.08. The molecule has 3 amide bonds. The number of amides is 3. The lowest BCUT2D eigenvalue weighted by Crippen LogP contribution is -3.09. The number of benzene rings is 1. The monoisotopic (exact) mass is 356 g/mol. The molecule has 0 heterocycles. The van der Waals surface area contributed by atoms with Crippen LogP contribution in [-0.2, 0) is 11.3 Å². The van der Waals surface area contributed by atoms with E-state index in [0.717, 1.165) is 27.9 Å². The van der Waals surface area contributed by atoms with E-state index < -0.39 is 6.03 Å². The van der Waals surface area contributed by atoms with Gasteiger partial charge in [-0.25, -0.2) is 4.79 Å². The van der Waals surface area contributed by atoms with Crippen LogP contribution in [0.5, 0.6) is 0 Å². The molecular weight excluding hydrogens is 334 g/mol. The molecule has 0 saturated heterocycles. The van der Waals surface area contributed by atoms with Crippen molar-refractivity contribution in [3.63, 3.8) is 0 Å². The number of hydrogen-bond donors (Lipinski definition) is 3. The molecule has 6 heteroatoms. The van der Waals surface area contributed by atoms with Crippen molar-refractivity contribution < 1.29 is 14.5 Å². The largest absolute Gasteiger partial charge is 0.335 e. The Labute approximate surface area is 134 Å². The zero-order valence-corrected chi connectivity index (χ0v) is 14.3. The average molecular weight is 357 g/mol. The molecule has 1 unspecified atom stereocenters. The van der Waals surface area contributed by atoms with Crippen molar-refractivity contribution >= 4 is 27.9 Å². The Kier molecular flexibility index (Phi) is 7.39. The van der Waals surface area contributed by atoms with Crippen LogP contribution in [0, 0.1) is 0 Å². The minimum absolute atomic E-state index is 0.0608. The molecule has 0 aliphatic rings. The molecule has 1 aromatic carbocycles. The van der Waals surface area contributed by atoms with Gasteiger partial charge in [0.05, 0.1) is 7.05 Å². The van der Waals surface area contributed by atoms with Gasteiger partial charge in [-0.3, -0.25) is 10.1 Å². The zero-order chi connectivity index (χ0) is 15.8. The van der Waals surface area contributed by atoms with Crippen molar-refractivity contribution in [1.82, 2.24) is 10.6 Å². The number of quaternary nitrogens is 1. The standard InChI is InChI=1S/C15H22BrN3O2/c1-4-11(2)17-15(21)18-14(20)10-19(3)9-12-5-7-13(16)8-6-12/h5-8,11H,4,9-10H2,1-3H3,(H2,17,18,20,21)/p+1/t11-/m0/s1. The average Bonchev–Trinajstić information content (AvgIpc) is 2.40. The van der Waals surface area contributed by atoms with Crippen LogP contribution in [0.1, 0.15) is 25.8 Å². The van der Waals surface area contributed by atoms with Crippen LogP contribution in [0.15, 0.2) is 28.7 Å². The first-order chi connectivity index (χ1) is 9.90. The summed E-state index contributed by atoms with van der Waals surface area (Å²) in [7, 11) is 1.92. The fourth-order valence-electron chi connectivity index (χ4n) is 1.82. The Bertz CT molecular complexity index is 476. The molecule has 21 heavy (non-hydrogen) atoms. The van der Waals surface area contributed by atoms with Gasteiger partial charge in [0, 0.05) is 16.1 Å². The van der Waals surface area contributed by atoms with E-state index in [9.17, 15) is 9.59 Å². The molecular formula is C15H23BrN3O2+. The Morgan fingerprint density at radius 2 is 1.90 bits per heavy atom. The van der Waals surface area contributed by atoms with Crippen LogP contribution in [0.25, 0.3) is 0 Å². The second kappa shape index (κ2) is 8.79. The van der Waals surface area contributed by atoms with Gasteiger partial charge in [-0.2, -0.15) is 0 Å². The molecule has 1 rings (SSSR count). The normalized spacial score (nSPS) is 13.3. The molecule has 0 spiro atoms. The molecule has 0 fully saturated rings. The number of halogens is 1. The van der Waals surface area contributed by atoms with E-state index in [0.29, 0.717) is 0 Å². The van der Waals surface area contributed by atoms with Gasteiger partial charge in [0.25, 0.3) is 5.91 Å². The maximum atomic E-state index is 11.8. The molecule has 0 saturated carbocycles. The van der Waals surface area contributed by atoms with Gasteiger partial charge >= 0.3 is 6.03 Å². The van der Waals surface area contributed by atoms with Crippen molar-refractivity contribution in [2.75, 3.05) is 13.6 Å². The number of nitrogens with one attached hydrogen (secondary N) is 3. The van der Waals surface area contributed by atoms with E-state index in [1.54, 1.807) is 0 Å². The Hall–Kier alpha value is -1.40. The Balaban J connectivity index is 2.36. The first-order valence-electron chi connectivity index (χ1n) is 7.06. The highest BCUT2D eigenvalue weighted by atomic mass is 79.9. The number of carbonyl (C=O) groups is 2. The van der Waals surface area contributed by atoms with Gasteiger partial charge in [0.2, 0.25) is 0 Å². The van der Waals surface area contributed by atoms with Gasteiger partial charge in [-0.1, -0.05) is 35.0 Å². The lowest BCUT2D eigenvalue weighted by Gasteiger charge is -2.15. The first kappa shape index (κ1) is 17.7. The summed E-state index contributed by atoms with van der Waals surface area (Å²) in [6, 6.07) is 7.61. The number of urea groups is 1.